The summed E-state index contributed by atoms with van der Waals surface area (Å²) in [7, 11) is 0. The summed E-state index contributed by atoms with van der Waals surface area (Å²) >= 11 is 0. The Bertz CT molecular complexity index is 826. The third kappa shape index (κ3) is 10.1. The SMILES string of the molecule is Cl.O=C(NCCCCN1CCOCC1)c1cc2ccccc2o1.O=C(O)C=CC(=O)O. The van der Waals surface area contributed by atoms with Gasteiger partial charge in [0, 0.05) is 37.2 Å². The van der Waals surface area contributed by atoms with Gasteiger partial charge in [-0.05, 0) is 31.5 Å². The zero-order valence-electron chi connectivity index (χ0n) is 17.0. The lowest BCUT2D eigenvalue weighted by atomic mass is 10.2. The number of benzene rings is 1. The van der Waals surface area contributed by atoms with Gasteiger partial charge in [-0.15, -0.1) is 12.4 Å². The van der Waals surface area contributed by atoms with Gasteiger partial charge in [-0.1, -0.05) is 18.2 Å². The number of aliphatic carboxylic acids is 2. The molecule has 0 bridgehead atoms. The highest BCUT2D eigenvalue weighted by Crippen LogP contribution is 2.18. The quantitative estimate of drug-likeness (QED) is 0.409. The van der Waals surface area contributed by atoms with Crippen LogP contribution < -0.4 is 5.32 Å². The molecule has 1 aromatic heterocycles. The van der Waals surface area contributed by atoms with E-state index in [0.29, 0.717) is 24.5 Å². The number of nitrogens with one attached hydrogen (secondary N) is 1. The van der Waals surface area contributed by atoms with Crippen molar-refractivity contribution in [2.45, 2.75) is 12.8 Å². The zero-order valence-corrected chi connectivity index (χ0v) is 17.8. The number of rotatable bonds is 8. The topological polar surface area (TPSA) is 129 Å². The fourth-order valence-electron chi connectivity index (χ4n) is 2.81. The number of carboxylic acids is 2. The highest BCUT2D eigenvalue weighted by atomic mass is 35.5. The molecule has 1 fully saturated rings. The predicted molar refractivity (Wildman–Crippen MR) is 117 cm³/mol. The average molecular weight is 455 g/mol. The van der Waals surface area contributed by atoms with Crippen molar-refractivity contribution in [2.24, 2.45) is 0 Å². The number of halogens is 1. The monoisotopic (exact) mass is 454 g/mol. The first kappa shape index (κ1) is 26.2. The number of unbranched alkanes of at least 4 members (excludes halogenated alkanes) is 1. The smallest absolute Gasteiger partial charge is 0.328 e. The van der Waals surface area contributed by atoms with Crippen LogP contribution in [0.4, 0.5) is 0 Å². The number of morpholine rings is 1. The number of amides is 1. The maximum absolute atomic E-state index is 12.0. The van der Waals surface area contributed by atoms with Crippen molar-refractivity contribution < 1.29 is 33.8 Å². The van der Waals surface area contributed by atoms with Crippen LogP contribution in [0.5, 0.6) is 0 Å². The highest BCUT2D eigenvalue weighted by Gasteiger charge is 2.12. The number of ether oxygens (including phenoxy) is 1. The summed E-state index contributed by atoms with van der Waals surface area (Å²) in [6, 6.07) is 9.44. The van der Waals surface area contributed by atoms with E-state index in [1.807, 2.05) is 24.3 Å². The fraction of sp³-hybridized carbons (Fsp3) is 0.381. The molecule has 1 amide bonds. The molecular formula is C21H27ClN2O7. The molecule has 0 aliphatic carbocycles. The van der Waals surface area contributed by atoms with E-state index >= 15 is 0 Å². The van der Waals surface area contributed by atoms with Crippen LogP contribution in [0, 0.1) is 0 Å². The number of carboxylic acid groups (broad SMARTS) is 2. The molecule has 2 heterocycles. The molecule has 0 atom stereocenters. The van der Waals surface area contributed by atoms with Gasteiger partial charge < -0.3 is 24.7 Å². The van der Waals surface area contributed by atoms with E-state index in [1.165, 1.54) is 0 Å². The fourth-order valence-corrected chi connectivity index (χ4v) is 2.81. The number of hydrogen-bond acceptors (Lipinski definition) is 6. The van der Waals surface area contributed by atoms with Gasteiger partial charge in [0.25, 0.3) is 5.91 Å². The van der Waals surface area contributed by atoms with Crippen LogP contribution in [0.25, 0.3) is 11.0 Å². The van der Waals surface area contributed by atoms with Gasteiger partial charge in [0.05, 0.1) is 13.2 Å². The van der Waals surface area contributed by atoms with Crippen LogP contribution >= 0.6 is 12.4 Å². The lowest BCUT2D eigenvalue weighted by molar-refractivity contribution is -0.134. The molecule has 0 spiro atoms. The summed E-state index contributed by atoms with van der Waals surface area (Å²) in [5.41, 5.74) is 0.750. The first-order valence-corrected chi connectivity index (χ1v) is 9.66. The number of para-hydroxylation sites is 1. The van der Waals surface area contributed by atoms with E-state index in [4.69, 9.17) is 19.4 Å². The van der Waals surface area contributed by atoms with Crippen LogP contribution in [0.1, 0.15) is 23.4 Å². The molecular weight excluding hydrogens is 428 g/mol. The number of fused-ring (bicyclic) bond motifs is 1. The molecule has 10 heteroatoms. The van der Waals surface area contributed by atoms with Crippen LogP contribution in [0.2, 0.25) is 0 Å². The van der Waals surface area contributed by atoms with Gasteiger partial charge in [0.2, 0.25) is 0 Å². The second-order valence-corrected chi connectivity index (χ2v) is 6.58. The van der Waals surface area contributed by atoms with Crippen LogP contribution in [0.15, 0.2) is 46.9 Å². The molecule has 31 heavy (non-hydrogen) atoms. The Morgan fingerprint density at radius 1 is 1.03 bits per heavy atom. The Morgan fingerprint density at radius 2 is 1.68 bits per heavy atom. The zero-order chi connectivity index (χ0) is 21.8. The standard InChI is InChI=1S/C17H22N2O3.C4H4O4.ClH/c20-17(16-13-14-5-1-2-6-15(14)22-16)18-7-3-4-8-19-9-11-21-12-10-19;5-3(6)1-2-4(7)8;/h1-2,5-6,13H,3-4,7-12H2,(H,18,20);1-2H,(H,5,6)(H,7,8);1H. The lowest BCUT2D eigenvalue weighted by Gasteiger charge is -2.26. The third-order valence-corrected chi connectivity index (χ3v) is 4.31. The van der Waals surface area contributed by atoms with Crippen LogP contribution in [-0.4, -0.2) is 72.4 Å². The van der Waals surface area contributed by atoms with Crippen LogP contribution in [-0.2, 0) is 14.3 Å². The second-order valence-electron chi connectivity index (χ2n) is 6.58. The molecule has 0 radical (unpaired) electrons. The normalized spacial score (nSPS) is 13.8. The van der Waals surface area contributed by atoms with E-state index in [0.717, 1.165) is 56.7 Å². The number of carbonyl (C=O) groups excluding carboxylic acids is 1. The minimum atomic E-state index is -1.26. The summed E-state index contributed by atoms with van der Waals surface area (Å²) in [5.74, 6) is -2.27. The van der Waals surface area contributed by atoms with E-state index in [-0.39, 0.29) is 18.3 Å². The number of nitrogens with zero attached hydrogens (tertiary/aromatic N) is 1. The summed E-state index contributed by atoms with van der Waals surface area (Å²) in [6.07, 6.45) is 3.18. The Balaban J connectivity index is 0.000000461. The second kappa shape index (κ2) is 14.2. The summed E-state index contributed by atoms with van der Waals surface area (Å²) in [6.45, 7) is 5.46. The molecule has 1 aromatic carbocycles. The largest absolute Gasteiger partial charge is 0.478 e. The molecule has 1 saturated heterocycles. The van der Waals surface area contributed by atoms with E-state index in [9.17, 15) is 14.4 Å². The minimum Gasteiger partial charge on any atom is -0.478 e. The Hall–Kier alpha value is -2.88. The Labute approximate surface area is 186 Å². The number of carbonyl (C=O) groups is 3. The van der Waals surface area contributed by atoms with Crippen molar-refractivity contribution in [1.29, 1.82) is 0 Å². The Kier molecular flexibility index (Phi) is 12.0. The van der Waals surface area contributed by atoms with Gasteiger partial charge in [-0.2, -0.15) is 0 Å². The maximum Gasteiger partial charge on any atom is 0.328 e. The van der Waals surface area contributed by atoms with E-state index in [1.54, 1.807) is 6.07 Å². The van der Waals surface area contributed by atoms with Gasteiger partial charge >= 0.3 is 11.9 Å². The molecule has 1 aliphatic rings. The van der Waals surface area contributed by atoms with Crippen LogP contribution in [0.3, 0.4) is 0 Å². The lowest BCUT2D eigenvalue weighted by Crippen LogP contribution is -2.37. The molecule has 2 aromatic rings. The first-order chi connectivity index (χ1) is 14.5. The van der Waals surface area contributed by atoms with Crippen molar-refractivity contribution in [3.05, 3.63) is 48.2 Å². The highest BCUT2D eigenvalue weighted by molar-refractivity contribution is 5.96. The van der Waals surface area contributed by atoms with Crippen molar-refractivity contribution in [1.82, 2.24) is 10.2 Å². The number of furan rings is 1. The van der Waals surface area contributed by atoms with E-state index in [2.05, 4.69) is 10.2 Å². The molecule has 9 nitrogen and oxygen atoms in total. The summed E-state index contributed by atoms with van der Waals surface area (Å²) in [5, 5.41) is 19.5. The average Bonchev–Trinajstić information content (AvgIpc) is 3.17. The summed E-state index contributed by atoms with van der Waals surface area (Å²) in [4.78, 5) is 33.6. The molecule has 3 rings (SSSR count). The number of hydrogen-bond donors (Lipinski definition) is 3. The molecule has 1 aliphatic heterocycles. The summed E-state index contributed by atoms with van der Waals surface area (Å²) < 4.78 is 10.9. The maximum atomic E-state index is 12.0. The van der Waals surface area contributed by atoms with Gasteiger partial charge in [0.1, 0.15) is 5.58 Å². The first-order valence-electron chi connectivity index (χ1n) is 9.66. The van der Waals surface area contributed by atoms with Gasteiger partial charge in [0.15, 0.2) is 5.76 Å². The van der Waals surface area contributed by atoms with Crippen molar-refractivity contribution >= 4 is 41.2 Å². The van der Waals surface area contributed by atoms with Gasteiger partial charge in [-0.25, -0.2) is 9.59 Å². The van der Waals surface area contributed by atoms with Crippen molar-refractivity contribution in [3.8, 4) is 0 Å². The molecule has 0 saturated carbocycles. The van der Waals surface area contributed by atoms with Crippen molar-refractivity contribution in [2.75, 3.05) is 39.4 Å². The minimum absolute atomic E-state index is 0. The van der Waals surface area contributed by atoms with Crippen molar-refractivity contribution in [3.63, 3.8) is 0 Å². The predicted octanol–water partition coefficient (Wildman–Crippen LogP) is 2.41. The molecule has 0 unspecified atom stereocenters. The van der Waals surface area contributed by atoms with E-state index < -0.39 is 11.9 Å². The molecule has 170 valence electrons. The third-order valence-electron chi connectivity index (χ3n) is 4.31. The molecule has 3 N–H and O–H groups in total. The Morgan fingerprint density at radius 3 is 2.29 bits per heavy atom. The van der Waals surface area contributed by atoms with Gasteiger partial charge in [-0.3, -0.25) is 9.69 Å².